The van der Waals surface area contributed by atoms with Crippen LogP contribution in [0.1, 0.15) is 5.56 Å². The van der Waals surface area contributed by atoms with Crippen molar-refractivity contribution in [1.29, 1.82) is 0 Å². The van der Waals surface area contributed by atoms with Gasteiger partial charge in [-0.1, -0.05) is 30.3 Å². The number of hydrogen-bond donors (Lipinski definition) is 2. The molecule has 0 fully saturated rings. The van der Waals surface area contributed by atoms with E-state index in [-0.39, 0.29) is 0 Å². The average Bonchev–Trinajstić information content (AvgIpc) is 2.95. The summed E-state index contributed by atoms with van der Waals surface area (Å²) in [5, 5.41) is 6.51. The van der Waals surface area contributed by atoms with Crippen LogP contribution < -0.4 is 10.6 Å². The molecule has 7 nitrogen and oxygen atoms in total. The lowest BCUT2D eigenvalue weighted by Crippen LogP contribution is -2.12. The summed E-state index contributed by atoms with van der Waals surface area (Å²) in [6.07, 6.45) is 1.74. The van der Waals surface area contributed by atoms with Crippen LogP contribution in [-0.2, 0) is 18.3 Å². The number of nitrogens with zero attached hydrogens (tertiary/aromatic N) is 4. The Hall–Kier alpha value is -2.67. The van der Waals surface area contributed by atoms with E-state index in [0.29, 0.717) is 25.6 Å². The molecule has 0 atom stereocenters. The first-order chi connectivity index (χ1) is 11.3. The predicted molar refractivity (Wildman–Crippen MR) is 90.4 cm³/mol. The Kier molecular flexibility index (Phi) is 4.68. The summed E-state index contributed by atoms with van der Waals surface area (Å²) in [6.45, 7) is 1.93. The summed E-state index contributed by atoms with van der Waals surface area (Å²) >= 11 is 0. The maximum Gasteiger partial charge on any atom is 0.226 e. The van der Waals surface area contributed by atoms with E-state index in [1.165, 1.54) is 5.56 Å². The van der Waals surface area contributed by atoms with E-state index in [4.69, 9.17) is 4.74 Å². The largest absolute Gasteiger partial charge is 0.383 e. The molecule has 0 aliphatic heterocycles. The molecule has 7 heteroatoms. The number of aryl methyl sites for hydroxylation is 1. The van der Waals surface area contributed by atoms with Crippen molar-refractivity contribution in [2.24, 2.45) is 7.05 Å². The quantitative estimate of drug-likeness (QED) is 0.650. The van der Waals surface area contributed by atoms with Gasteiger partial charge in [0.15, 0.2) is 17.0 Å². The van der Waals surface area contributed by atoms with Crippen LogP contribution in [0.3, 0.4) is 0 Å². The van der Waals surface area contributed by atoms with Crippen LogP contribution in [0.2, 0.25) is 0 Å². The topological polar surface area (TPSA) is 76.9 Å². The molecule has 23 heavy (non-hydrogen) atoms. The highest BCUT2D eigenvalue weighted by molar-refractivity contribution is 5.84. The molecule has 2 heterocycles. The van der Waals surface area contributed by atoms with Gasteiger partial charge in [-0.3, -0.25) is 0 Å². The summed E-state index contributed by atoms with van der Waals surface area (Å²) in [4.78, 5) is 13.4. The number of benzene rings is 1. The van der Waals surface area contributed by atoms with Gasteiger partial charge in [-0.25, -0.2) is 4.98 Å². The molecule has 3 rings (SSSR count). The molecule has 0 bridgehead atoms. The molecule has 0 saturated heterocycles. The number of ether oxygens (including phenoxy) is 1. The van der Waals surface area contributed by atoms with Gasteiger partial charge in [0.2, 0.25) is 5.95 Å². The summed E-state index contributed by atoms with van der Waals surface area (Å²) in [7, 11) is 3.59. The lowest BCUT2D eigenvalue weighted by molar-refractivity contribution is 0.210. The minimum absolute atomic E-state index is 0.564. The monoisotopic (exact) mass is 312 g/mol. The number of anilines is 2. The molecule has 0 amide bonds. The fourth-order valence-corrected chi connectivity index (χ4v) is 2.26. The van der Waals surface area contributed by atoms with Gasteiger partial charge in [0.25, 0.3) is 0 Å². The van der Waals surface area contributed by atoms with Crippen LogP contribution in [-0.4, -0.2) is 39.8 Å². The van der Waals surface area contributed by atoms with Gasteiger partial charge in [-0.05, 0) is 5.56 Å². The smallest absolute Gasteiger partial charge is 0.226 e. The molecule has 2 aromatic heterocycles. The van der Waals surface area contributed by atoms with Gasteiger partial charge in [-0.15, -0.1) is 0 Å². The predicted octanol–water partition coefficient (Wildman–Crippen LogP) is 2.03. The van der Waals surface area contributed by atoms with Gasteiger partial charge in [0.05, 0.1) is 12.9 Å². The van der Waals surface area contributed by atoms with Crippen molar-refractivity contribution >= 4 is 22.9 Å². The molecule has 0 aliphatic rings. The van der Waals surface area contributed by atoms with Crippen molar-refractivity contribution in [3.05, 3.63) is 42.2 Å². The fourth-order valence-electron chi connectivity index (χ4n) is 2.26. The Labute approximate surface area is 134 Å². The van der Waals surface area contributed by atoms with E-state index in [9.17, 15) is 0 Å². The Morgan fingerprint density at radius 1 is 1.13 bits per heavy atom. The second-order valence-electron chi connectivity index (χ2n) is 5.18. The number of hydrogen-bond acceptors (Lipinski definition) is 6. The van der Waals surface area contributed by atoms with E-state index in [1.807, 2.05) is 29.8 Å². The Morgan fingerprint density at radius 3 is 2.74 bits per heavy atom. The van der Waals surface area contributed by atoms with Crippen LogP contribution in [0.15, 0.2) is 36.7 Å². The first-order valence-electron chi connectivity index (χ1n) is 7.47. The van der Waals surface area contributed by atoms with Crippen molar-refractivity contribution < 1.29 is 4.74 Å². The minimum Gasteiger partial charge on any atom is -0.383 e. The molecule has 3 aromatic rings. The summed E-state index contributed by atoms with van der Waals surface area (Å²) in [5.41, 5.74) is 2.74. The third-order valence-electron chi connectivity index (χ3n) is 3.45. The van der Waals surface area contributed by atoms with Crippen molar-refractivity contribution in [3.63, 3.8) is 0 Å². The molecule has 120 valence electrons. The molecule has 0 spiro atoms. The molecule has 0 aliphatic carbocycles. The number of aromatic nitrogens is 4. The lowest BCUT2D eigenvalue weighted by atomic mass is 10.2. The maximum absolute atomic E-state index is 5.04. The molecular formula is C16H20N6O. The highest BCUT2D eigenvalue weighted by Crippen LogP contribution is 2.20. The van der Waals surface area contributed by atoms with E-state index < -0.39 is 0 Å². The van der Waals surface area contributed by atoms with Crippen molar-refractivity contribution in [2.45, 2.75) is 6.54 Å². The summed E-state index contributed by atoms with van der Waals surface area (Å²) in [6, 6.07) is 10.2. The third-order valence-corrected chi connectivity index (χ3v) is 3.45. The van der Waals surface area contributed by atoms with Crippen LogP contribution in [0.25, 0.3) is 11.2 Å². The molecule has 0 saturated carbocycles. The van der Waals surface area contributed by atoms with Crippen LogP contribution in [0.4, 0.5) is 11.8 Å². The SMILES string of the molecule is COCCNc1nc(NCc2ccccc2)c2ncn(C)c2n1. The minimum atomic E-state index is 0.564. The standard InChI is InChI=1S/C16H20N6O/c1-22-11-19-13-14(18-10-12-6-4-3-5-7-12)20-16(21-15(13)22)17-8-9-23-2/h3-7,11H,8-10H2,1-2H3,(H2,17,18,20,21). The van der Waals surface area contributed by atoms with Crippen LogP contribution >= 0.6 is 0 Å². The van der Waals surface area contributed by atoms with E-state index in [2.05, 4.69) is 37.7 Å². The molecular weight excluding hydrogens is 292 g/mol. The van der Waals surface area contributed by atoms with Crippen LogP contribution in [0.5, 0.6) is 0 Å². The van der Waals surface area contributed by atoms with E-state index in [1.54, 1.807) is 13.4 Å². The fraction of sp³-hybridized carbons (Fsp3) is 0.312. The normalized spacial score (nSPS) is 10.9. The molecule has 1 aromatic carbocycles. The first kappa shape index (κ1) is 15.2. The highest BCUT2D eigenvalue weighted by Gasteiger charge is 2.11. The van der Waals surface area contributed by atoms with Gasteiger partial charge in [-0.2, -0.15) is 9.97 Å². The second kappa shape index (κ2) is 7.06. The first-order valence-corrected chi connectivity index (χ1v) is 7.47. The Balaban J connectivity index is 1.84. The number of nitrogens with one attached hydrogen (secondary N) is 2. The number of methoxy groups -OCH3 is 1. The molecule has 2 N–H and O–H groups in total. The number of fused-ring (bicyclic) bond motifs is 1. The highest BCUT2D eigenvalue weighted by atomic mass is 16.5. The van der Waals surface area contributed by atoms with Gasteiger partial charge in [0, 0.05) is 27.2 Å². The van der Waals surface area contributed by atoms with Gasteiger partial charge in [0.1, 0.15) is 0 Å². The van der Waals surface area contributed by atoms with Gasteiger partial charge < -0.3 is 19.9 Å². The zero-order chi connectivity index (χ0) is 16.1. The molecule has 0 radical (unpaired) electrons. The van der Waals surface area contributed by atoms with Crippen molar-refractivity contribution in [3.8, 4) is 0 Å². The maximum atomic E-state index is 5.04. The number of imidazole rings is 1. The lowest BCUT2D eigenvalue weighted by Gasteiger charge is -2.10. The van der Waals surface area contributed by atoms with E-state index >= 15 is 0 Å². The zero-order valence-electron chi connectivity index (χ0n) is 13.3. The van der Waals surface area contributed by atoms with E-state index in [0.717, 1.165) is 17.0 Å². The average molecular weight is 312 g/mol. The Bertz CT molecular complexity index is 771. The van der Waals surface area contributed by atoms with Crippen molar-refractivity contribution in [1.82, 2.24) is 19.5 Å². The van der Waals surface area contributed by atoms with Crippen LogP contribution in [0, 0.1) is 0 Å². The summed E-state index contributed by atoms with van der Waals surface area (Å²) < 4.78 is 6.93. The van der Waals surface area contributed by atoms with Crippen molar-refractivity contribution in [2.75, 3.05) is 30.9 Å². The Morgan fingerprint density at radius 2 is 1.96 bits per heavy atom. The second-order valence-corrected chi connectivity index (χ2v) is 5.18. The number of rotatable bonds is 7. The summed E-state index contributed by atoms with van der Waals surface area (Å²) in [5.74, 6) is 1.29. The molecule has 0 unspecified atom stereocenters. The van der Waals surface area contributed by atoms with Gasteiger partial charge >= 0.3 is 0 Å². The zero-order valence-corrected chi connectivity index (χ0v) is 13.3. The third kappa shape index (κ3) is 3.57.